The Morgan fingerprint density at radius 3 is 1.19 bits per heavy atom. The minimum atomic E-state index is 0.874. The van der Waals surface area contributed by atoms with Crippen LogP contribution in [-0.2, 0) is 0 Å². The number of halogens is 2. The van der Waals surface area contributed by atoms with Crippen LogP contribution < -0.4 is 0 Å². The second kappa shape index (κ2) is 5.72. The van der Waals surface area contributed by atoms with Gasteiger partial charge in [-0.3, -0.25) is 0 Å². The Balaban J connectivity index is 2.15. The molecule has 0 aromatic heterocycles. The molecular weight excluding hydrogens is 426 g/mol. The van der Waals surface area contributed by atoms with Crippen molar-refractivity contribution in [1.29, 1.82) is 0 Å². The molecule has 2 nitrogen and oxygen atoms in total. The third-order valence-electron chi connectivity index (χ3n) is 1.93. The molecule has 0 saturated heterocycles. The SMILES string of the molecule is Ic1ccc(/N=N/c2ccc(I)cc2)cc1. The van der Waals surface area contributed by atoms with Crippen molar-refractivity contribution in [1.82, 2.24) is 0 Å². The lowest BCUT2D eigenvalue weighted by Crippen LogP contribution is -1.69. The van der Waals surface area contributed by atoms with Gasteiger partial charge in [-0.15, -0.1) is 0 Å². The van der Waals surface area contributed by atoms with Crippen LogP contribution in [-0.4, -0.2) is 0 Å². The highest BCUT2D eigenvalue weighted by atomic mass is 127. The second-order valence-corrected chi connectivity index (χ2v) is 5.64. The zero-order valence-electron chi connectivity index (χ0n) is 8.27. The maximum absolute atomic E-state index is 4.17. The molecule has 0 amide bonds. The molecule has 0 N–H and O–H groups in total. The molecule has 0 heterocycles. The molecule has 16 heavy (non-hydrogen) atoms. The third-order valence-corrected chi connectivity index (χ3v) is 3.37. The smallest absolute Gasteiger partial charge is 0.0857 e. The van der Waals surface area contributed by atoms with Crippen LogP contribution >= 0.6 is 45.2 Å². The summed E-state index contributed by atoms with van der Waals surface area (Å²) in [5, 5.41) is 8.33. The van der Waals surface area contributed by atoms with Gasteiger partial charge in [0.2, 0.25) is 0 Å². The van der Waals surface area contributed by atoms with Crippen LogP contribution in [0.15, 0.2) is 58.8 Å². The highest BCUT2D eigenvalue weighted by Gasteiger charge is 1.91. The van der Waals surface area contributed by atoms with Crippen molar-refractivity contribution in [3.63, 3.8) is 0 Å². The average Bonchev–Trinajstić information content (AvgIpc) is 2.30. The van der Waals surface area contributed by atoms with E-state index in [1.807, 2.05) is 48.5 Å². The van der Waals surface area contributed by atoms with Gasteiger partial charge in [-0.25, -0.2) is 0 Å². The molecule has 0 radical (unpaired) electrons. The molecule has 0 fully saturated rings. The van der Waals surface area contributed by atoms with E-state index in [2.05, 4.69) is 55.4 Å². The highest BCUT2D eigenvalue weighted by Crippen LogP contribution is 2.19. The first-order valence-electron chi connectivity index (χ1n) is 4.67. The molecule has 2 aromatic carbocycles. The van der Waals surface area contributed by atoms with Gasteiger partial charge in [0.05, 0.1) is 11.4 Å². The highest BCUT2D eigenvalue weighted by molar-refractivity contribution is 14.1. The standard InChI is InChI=1S/C12H8I2N2/c13-9-1-5-11(6-2-9)15-16-12-7-3-10(14)4-8-12/h1-8H/b16-15+. The molecule has 2 rings (SSSR count). The molecule has 0 aliphatic heterocycles. The number of hydrogen-bond donors (Lipinski definition) is 0. The summed E-state index contributed by atoms with van der Waals surface area (Å²) in [6.45, 7) is 0. The predicted octanol–water partition coefficient (Wildman–Crippen LogP) is 5.31. The van der Waals surface area contributed by atoms with Crippen LogP contribution in [0.4, 0.5) is 11.4 Å². The molecule has 0 saturated carbocycles. The Morgan fingerprint density at radius 2 is 0.875 bits per heavy atom. The van der Waals surface area contributed by atoms with Crippen LogP contribution in [0.1, 0.15) is 0 Å². The molecule has 0 bridgehead atoms. The first-order chi connectivity index (χ1) is 7.74. The number of nitrogens with zero attached hydrogens (tertiary/aromatic N) is 2. The predicted molar refractivity (Wildman–Crippen MR) is 82.5 cm³/mol. The Labute approximate surface area is 121 Å². The van der Waals surface area contributed by atoms with Gasteiger partial charge < -0.3 is 0 Å². The number of rotatable bonds is 2. The molecule has 80 valence electrons. The van der Waals surface area contributed by atoms with E-state index in [0.717, 1.165) is 11.4 Å². The van der Waals surface area contributed by atoms with Crippen molar-refractivity contribution >= 4 is 56.6 Å². The van der Waals surface area contributed by atoms with E-state index in [9.17, 15) is 0 Å². The normalized spacial score (nSPS) is 10.9. The quantitative estimate of drug-likeness (QED) is 0.453. The van der Waals surface area contributed by atoms with E-state index in [4.69, 9.17) is 0 Å². The summed E-state index contributed by atoms with van der Waals surface area (Å²) in [6.07, 6.45) is 0. The summed E-state index contributed by atoms with van der Waals surface area (Å²) >= 11 is 4.53. The maximum Gasteiger partial charge on any atom is 0.0857 e. The fraction of sp³-hybridized carbons (Fsp3) is 0. The maximum atomic E-state index is 4.17. The van der Waals surface area contributed by atoms with Gasteiger partial charge in [0.25, 0.3) is 0 Å². The molecule has 0 atom stereocenters. The number of hydrogen-bond acceptors (Lipinski definition) is 2. The Bertz CT molecular complexity index is 442. The topological polar surface area (TPSA) is 24.7 Å². The Kier molecular flexibility index (Phi) is 4.28. The average molecular weight is 434 g/mol. The van der Waals surface area contributed by atoms with Crippen molar-refractivity contribution in [3.05, 3.63) is 55.7 Å². The van der Waals surface area contributed by atoms with Gasteiger partial charge in [-0.05, 0) is 93.7 Å². The molecular formula is C12H8I2N2. The van der Waals surface area contributed by atoms with Crippen molar-refractivity contribution in [2.45, 2.75) is 0 Å². The van der Waals surface area contributed by atoms with Gasteiger partial charge in [-0.1, -0.05) is 0 Å². The van der Waals surface area contributed by atoms with Crippen LogP contribution in [0.25, 0.3) is 0 Å². The van der Waals surface area contributed by atoms with Crippen molar-refractivity contribution in [3.8, 4) is 0 Å². The van der Waals surface area contributed by atoms with Crippen molar-refractivity contribution in [2.75, 3.05) is 0 Å². The van der Waals surface area contributed by atoms with Crippen LogP contribution in [0.2, 0.25) is 0 Å². The Morgan fingerprint density at radius 1 is 0.562 bits per heavy atom. The second-order valence-electron chi connectivity index (χ2n) is 3.15. The first kappa shape index (κ1) is 12.0. The van der Waals surface area contributed by atoms with Crippen molar-refractivity contribution < 1.29 is 0 Å². The zero-order valence-corrected chi connectivity index (χ0v) is 12.6. The summed E-state index contributed by atoms with van der Waals surface area (Å²) in [6, 6.07) is 15.9. The lowest BCUT2D eigenvalue weighted by molar-refractivity contribution is 1.23. The van der Waals surface area contributed by atoms with Gasteiger partial charge in [0.15, 0.2) is 0 Å². The van der Waals surface area contributed by atoms with E-state index >= 15 is 0 Å². The van der Waals surface area contributed by atoms with Gasteiger partial charge in [0.1, 0.15) is 0 Å². The molecule has 0 spiro atoms. The van der Waals surface area contributed by atoms with Crippen LogP contribution in [0.3, 0.4) is 0 Å². The molecule has 0 aliphatic carbocycles. The van der Waals surface area contributed by atoms with Crippen LogP contribution in [0, 0.1) is 7.14 Å². The third kappa shape index (κ3) is 3.51. The largest absolute Gasteiger partial charge is 0.151 e. The monoisotopic (exact) mass is 434 g/mol. The zero-order chi connectivity index (χ0) is 11.4. The first-order valence-corrected chi connectivity index (χ1v) is 6.83. The molecule has 4 heteroatoms. The summed E-state index contributed by atoms with van der Waals surface area (Å²) in [4.78, 5) is 0. The van der Waals surface area contributed by atoms with E-state index in [-0.39, 0.29) is 0 Å². The van der Waals surface area contributed by atoms with Crippen molar-refractivity contribution in [2.24, 2.45) is 10.2 Å². The van der Waals surface area contributed by atoms with Crippen LogP contribution in [0.5, 0.6) is 0 Å². The van der Waals surface area contributed by atoms with Gasteiger partial charge in [-0.2, -0.15) is 10.2 Å². The van der Waals surface area contributed by atoms with Gasteiger partial charge in [0, 0.05) is 7.14 Å². The molecule has 0 unspecified atom stereocenters. The minimum Gasteiger partial charge on any atom is -0.151 e. The van der Waals surface area contributed by atoms with E-state index in [0.29, 0.717) is 0 Å². The summed E-state index contributed by atoms with van der Waals surface area (Å²) in [5.74, 6) is 0. The summed E-state index contributed by atoms with van der Waals surface area (Å²) in [5.41, 5.74) is 1.75. The molecule has 0 aliphatic rings. The number of benzene rings is 2. The lowest BCUT2D eigenvalue weighted by Gasteiger charge is -1.94. The minimum absolute atomic E-state index is 0.874. The van der Waals surface area contributed by atoms with E-state index < -0.39 is 0 Å². The van der Waals surface area contributed by atoms with Gasteiger partial charge >= 0.3 is 0 Å². The van der Waals surface area contributed by atoms with E-state index in [1.165, 1.54) is 7.14 Å². The summed E-state index contributed by atoms with van der Waals surface area (Å²) < 4.78 is 2.40. The Hall–Kier alpha value is -0.500. The molecule has 2 aromatic rings. The summed E-state index contributed by atoms with van der Waals surface area (Å²) in [7, 11) is 0. The fourth-order valence-electron chi connectivity index (χ4n) is 1.13. The fourth-order valence-corrected chi connectivity index (χ4v) is 1.85. The lowest BCUT2D eigenvalue weighted by atomic mass is 10.3. The number of azo groups is 1. The van der Waals surface area contributed by atoms with E-state index in [1.54, 1.807) is 0 Å².